The lowest BCUT2D eigenvalue weighted by molar-refractivity contribution is -0.143. The average Bonchev–Trinajstić information content (AvgIpc) is 2.87. The fourth-order valence-corrected chi connectivity index (χ4v) is 3.69. The lowest BCUT2D eigenvalue weighted by Gasteiger charge is -2.28. The SMILES string of the molecule is CC(C)C[C@@H](NC(=O)C1C2CCC(C2)C1N)C(=O)O. The van der Waals surface area contributed by atoms with Crippen molar-refractivity contribution in [3.63, 3.8) is 0 Å². The van der Waals surface area contributed by atoms with Gasteiger partial charge in [-0.15, -0.1) is 0 Å². The first-order valence-electron chi connectivity index (χ1n) is 7.19. The van der Waals surface area contributed by atoms with E-state index >= 15 is 0 Å². The molecule has 0 radical (unpaired) electrons. The van der Waals surface area contributed by atoms with Crippen molar-refractivity contribution in [1.29, 1.82) is 0 Å². The van der Waals surface area contributed by atoms with Gasteiger partial charge in [-0.25, -0.2) is 4.79 Å². The van der Waals surface area contributed by atoms with Crippen LogP contribution in [0.25, 0.3) is 0 Å². The number of fused-ring (bicyclic) bond motifs is 2. The minimum atomic E-state index is -0.959. The predicted octanol–water partition coefficient (Wildman–Crippen LogP) is 0.975. The van der Waals surface area contributed by atoms with E-state index < -0.39 is 12.0 Å². The van der Waals surface area contributed by atoms with Crippen molar-refractivity contribution in [2.75, 3.05) is 0 Å². The van der Waals surface area contributed by atoms with Crippen LogP contribution in [0.4, 0.5) is 0 Å². The Balaban J connectivity index is 1.97. The Bertz CT molecular complexity index is 368. The number of carboxylic acids is 1. The largest absolute Gasteiger partial charge is 0.480 e. The van der Waals surface area contributed by atoms with E-state index in [2.05, 4.69) is 5.32 Å². The van der Waals surface area contributed by atoms with Crippen LogP contribution in [0.3, 0.4) is 0 Å². The number of hydrogen-bond donors (Lipinski definition) is 3. The van der Waals surface area contributed by atoms with Gasteiger partial charge in [-0.3, -0.25) is 4.79 Å². The van der Waals surface area contributed by atoms with E-state index in [0.29, 0.717) is 18.3 Å². The van der Waals surface area contributed by atoms with Gasteiger partial charge in [0.25, 0.3) is 0 Å². The molecule has 2 aliphatic rings. The average molecular weight is 268 g/mol. The van der Waals surface area contributed by atoms with Gasteiger partial charge >= 0.3 is 5.97 Å². The topological polar surface area (TPSA) is 92.4 Å². The molecular weight excluding hydrogens is 244 g/mol. The third kappa shape index (κ3) is 2.91. The maximum absolute atomic E-state index is 12.3. The zero-order chi connectivity index (χ0) is 14.2. The summed E-state index contributed by atoms with van der Waals surface area (Å²) in [4.78, 5) is 23.5. The van der Waals surface area contributed by atoms with Gasteiger partial charge in [0.2, 0.25) is 5.91 Å². The Morgan fingerprint density at radius 3 is 2.42 bits per heavy atom. The van der Waals surface area contributed by atoms with Gasteiger partial charge in [0.15, 0.2) is 0 Å². The van der Waals surface area contributed by atoms with E-state index in [1.165, 1.54) is 0 Å². The van der Waals surface area contributed by atoms with Crippen molar-refractivity contribution in [1.82, 2.24) is 5.32 Å². The Morgan fingerprint density at radius 2 is 1.95 bits per heavy atom. The zero-order valence-corrected chi connectivity index (χ0v) is 11.6. The monoisotopic (exact) mass is 268 g/mol. The second-order valence-corrected chi connectivity index (χ2v) is 6.47. The number of amides is 1. The lowest BCUT2D eigenvalue weighted by atomic mass is 9.84. The molecular formula is C14H24N2O3. The highest BCUT2D eigenvalue weighted by Crippen LogP contribution is 2.47. The molecule has 2 bridgehead atoms. The van der Waals surface area contributed by atoms with Crippen molar-refractivity contribution < 1.29 is 14.7 Å². The number of nitrogens with one attached hydrogen (secondary N) is 1. The van der Waals surface area contributed by atoms with Gasteiger partial charge in [-0.1, -0.05) is 13.8 Å². The van der Waals surface area contributed by atoms with Crippen LogP contribution in [0.2, 0.25) is 0 Å². The summed E-state index contributed by atoms with van der Waals surface area (Å²) < 4.78 is 0. The molecule has 5 atom stereocenters. The van der Waals surface area contributed by atoms with Crippen molar-refractivity contribution in [3.8, 4) is 0 Å². The Labute approximate surface area is 113 Å². The quantitative estimate of drug-likeness (QED) is 0.693. The maximum atomic E-state index is 12.3. The highest BCUT2D eigenvalue weighted by atomic mass is 16.4. The van der Waals surface area contributed by atoms with Crippen LogP contribution in [-0.4, -0.2) is 29.1 Å². The molecule has 0 aromatic rings. The fourth-order valence-electron chi connectivity index (χ4n) is 3.69. The highest BCUT2D eigenvalue weighted by molar-refractivity contribution is 5.86. The van der Waals surface area contributed by atoms with Gasteiger partial charge < -0.3 is 16.2 Å². The molecule has 4 N–H and O–H groups in total. The Hall–Kier alpha value is -1.10. The second kappa shape index (κ2) is 5.49. The van der Waals surface area contributed by atoms with E-state index in [9.17, 15) is 9.59 Å². The maximum Gasteiger partial charge on any atom is 0.326 e. The zero-order valence-electron chi connectivity index (χ0n) is 11.6. The molecule has 0 aromatic carbocycles. The molecule has 19 heavy (non-hydrogen) atoms. The first kappa shape index (κ1) is 14.3. The summed E-state index contributed by atoms with van der Waals surface area (Å²) in [5, 5.41) is 11.9. The third-order valence-corrected chi connectivity index (χ3v) is 4.61. The van der Waals surface area contributed by atoms with Crippen LogP contribution in [-0.2, 0) is 9.59 Å². The van der Waals surface area contributed by atoms with Crippen LogP contribution < -0.4 is 11.1 Å². The minimum absolute atomic E-state index is 0.0905. The summed E-state index contributed by atoms with van der Waals surface area (Å²) in [6.45, 7) is 3.90. The molecule has 108 valence electrons. The summed E-state index contributed by atoms with van der Waals surface area (Å²) in [7, 11) is 0. The summed E-state index contributed by atoms with van der Waals surface area (Å²) in [6.07, 6.45) is 3.65. The molecule has 2 fully saturated rings. The van der Waals surface area contributed by atoms with Crippen molar-refractivity contribution in [2.24, 2.45) is 29.4 Å². The molecule has 4 unspecified atom stereocenters. The summed E-state index contributed by atoms with van der Waals surface area (Å²) >= 11 is 0. The number of carboxylic acid groups (broad SMARTS) is 1. The molecule has 0 saturated heterocycles. The van der Waals surface area contributed by atoms with Crippen LogP contribution in [0, 0.1) is 23.7 Å². The first-order chi connectivity index (χ1) is 8.90. The highest BCUT2D eigenvalue weighted by Gasteiger charge is 2.49. The molecule has 5 heteroatoms. The van der Waals surface area contributed by atoms with Crippen LogP contribution in [0.15, 0.2) is 0 Å². The Kier molecular flexibility index (Phi) is 4.13. The van der Waals surface area contributed by atoms with E-state index in [1.807, 2.05) is 13.8 Å². The van der Waals surface area contributed by atoms with Gasteiger partial charge in [-0.2, -0.15) is 0 Å². The molecule has 2 rings (SSSR count). The van der Waals surface area contributed by atoms with Gasteiger partial charge in [-0.05, 0) is 43.4 Å². The van der Waals surface area contributed by atoms with Crippen molar-refractivity contribution >= 4 is 11.9 Å². The number of carbonyl (C=O) groups excluding carboxylic acids is 1. The molecule has 0 heterocycles. The summed E-state index contributed by atoms with van der Waals surface area (Å²) in [6, 6.07) is -0.883. The molecule has 0 aromatic heterocycles. The molecule has 2 aliphatic carbocycles. The van der Waals surface area contributed by atoms with E-state index in [4.69, 9.17) is 10.8 Å². The Morgan fingerprint density at radius 1 is 1.32 bits per heavy atom. The normalized spacial score (nSPS) is 34.5. The number of rotatable bonds is 5. The lowest BCUT2D eigenvalue weighted by Crippen LogP contribution is -2.50. The number of aliphatic carboxylic acids is 1. The second-order valence-electron chi connectivity index (χ2n) is 6.47. The van der Waals surface area contributed by atoms with Crippen molar-refractivity contribution in [2.45, 2.75) is 51.6 Å². The third-order valence-electron chi connectivity index (χ3n) is 4.61. The van der Waals surface area contributed by atoms with Gasteiger partial charge in [0.05, 0.1) is 5.92 Å². The van der Waals surface area contributed by atoms with Crippen LogP contribution in [0.1, 0.15) is 39.5 Å². The van der Waals surface area contributed by atoms with Crippen LogP contribution in [0.5, 0.6) is 0 Å². The van der Waals surface area contributed by atoms with E-state index in [1.54, 1.807) is 0 Å². The molecule has 2 saturated carbocycles. The number of hydrogen-bond acceptors (Lipinski definition) is 3. The number of carbonyl (C=O) groups is 2. The van der Waals surface area contributed by atoms with Crippen molar-refractivity contribution in [3.05, 3.63) is 0 Å². The van der Waals surface area contributed by atoms with Gasteiger partial charge in [0.1, 0.15) is 6.04 Å². The number of nitrogens with two attached hydrogens (primary N) is 1. The predicted molar refractivity (Wildman–Crippen MR) is 71.3 cm³/mol. The molecule has 0 spiro atoms. The fraction of sp³-hybridized carbons (Fsp3) is 0.857. The standard InChI is InChI=1S/C14H24N2O3/c1-7(2)5-10(14(18)19)16-13(17)11-8-3-4-9(6-8)12(11)15/h7-12H,3-6,15H2,1-2H3,(H,16,17)(H,18,19)/t8?,9?,10-,11?,12?/m1/s1. The molecule has 1 amide bonds. The van der Waals surface area contributed by atoms with Gasteiger partial charge in [0, 0.05) is 6.04 Å². The minimum Gasteiger partial charge on any atom is -0.480 e. The van der Waals surface area contributed by atoms with E-state index in [-0.39, 0.29) is 23.8 Å². The van der Waals surface area contributed by atoms with E-state index in [0.717, 1.165) is 19.3 Å². The van der Waals surface area contributed by atoms with Crippen LogP contribution >= 0.6 is 0 Å². The molecule has 0 aliphatic heterocycles. The summed E-state index contributed by atoms with van der Waals surface area (Å²) in [5.74, 6) is -0.267. The smallest absolute Gasteiger partial charge is 0.326 e. The summed E-state index contributed by atoms with van der Waals surface area (Å²) in [5.41, 5.74) is 6.11. The molecule has 5 nitrogen and oxygen atoms in total. The first-order valence-corrected chi connectivity index (χ1v) is 7.19.